The van der Waals surface area contributed by atoms with Crippen LogP contribution >= 0.6 is 0 Å². The van der Waals surface area contributed by atoms with E-state index in [1.165, 1.54) is 51.4 Å². The molecule has 3 heteroatoms. The van der Waals surface area contributed by atoms with Gasteiger partial charge in [-0.15, -0.1) is 0 Å². The van der Waals surface area contributed by atoms with Crippen molar-refractivity contribution < 1.29 is 15.0 Å². The number of carboxylic acid groups (broad SMARTS) is 1. The number of fused-ring (bicyclic) bond motifs is 5. The molecule has 0 aliphatic heterocycles. The second-order valence-electron chi connectivity index (χ2n) is 11.2. The summed E-state index contributed by atoms with van der Waals surface area (Å²) < 4.78 is 0. The molecule has 4 aliphatic rings. The number of carbonyl (C=O) groups is 1. The molecular formula is C24H40O3. The van der Waals surface area contributed by atoms with Crippen molar-refractivity contribution in [3.05, 3.63) is 0 Å². The number of hydrogen-bond acceptors (Lipinski definition) is 2. The fourth-order valence-corrected chi connectivity index (χ4v) is 8.78. The zero-order valence-corrected chi connectivity index (χ0v) is 17.6. The highest BCUT2D eigenvalue weighted by atomic mass is 16.4. The van der Waals surface area contributed by atoms with Crippen molar-refractivity contribution in [2.45, 2.75) is 97.5 Å². The van der Waals surface area contributed by atoms with Crippen LogP contribution in [-0.2, 0) is 4.79 Å². The fraction of sp³-hybridized carbons (Fsp3) is 0.958. The van der Waals surface area contributed by atoms with Gasteiger partial charge in [-0.1, -0.05) is 33.6 Å². The van der Waals surface area contributed by atoms with Gasteiger partial charge in [-0.2, -0.15) is 0 Å². The molecule has 4 fully saturated rings. The molecule has 4 saturated carbocycles. The zero-order chi connectivity index (χ0) is 19.4. The van der Waals surface area contributed by atoms with E-state index in [0.717, 1.165) is 18.8 Å². The molecule has 2 unspecified atom stereocenters. The normalized spacial score (nSPS) is 50.4. The predicted octanol–water partition coefficient (Wildman–Crippen LogP) is 5.51. The third-order valence-electron chi connectivity index (χ3n) is 10.2. The topological polar surface area (TPSA) is 57.5 Å². The van der Waals surface area contributed by atoms with Crippen molar-refractivity contribution in [1.29, 1.82) is 0 Å². The number of aliphatic hydroxyl groups excluding tert-OH is 1. The third-order valence-corrected chi connectivity index (χ3v) is 10.2. The minimum Gasteiger partial charge on any atom is -0.481 e. The van der Waals surface area contributed by atoms with Crippen LogP contribution in [0.4, 0.5) is 0 Å². The van der Waals surface area contributed by atoms with Gasteiger partial charge in [-0.05, 0) is 97.7 Å². The minimum absolute atomic E-state index is 0.108. The number of hydrogen-bond donors (Lipinski definition) is 2. The van der Waals surface area contributed by atoms with Crippen LogP contribution in [0.2, 0.25) is 0 Å². The smallest absolute Gasteiger partial charge is 0.303 e. The van der Waals surface area contributed by atoms with Gasteiger partial charge in [0, 0.05) is 6.42 Å². The van der Waals surface area contributed by atoms with Crippen LogP contribution in [0.25, 0.3) is 0 Å². The molecular weight excluding hydrogens is 336 g/mol. The van der Waals surface area contributed by atoms with Crippen LogP contribution in [0.15, 0.2) is 0 Å². The Hall–Kier alpha value is -0.570. The van der Waals surface area contributed by atoms with E-state index in [9.17, 15) is 9.90 Å². The van der Waals surface area contributed by atoms with E-state index in [0.29, 0.717) is 46.8 Å². The molecule has 9 atom stereocenters. The third kappa shape index (κ3) is 3.07. The van der Waals surface area contributed by atoms with Crippen molar-refractivity contribution >= 4 is 5.97 Å². The van der Waals surface area contributed by atoms with Gasteiger partial charge >= 0.3 is 5.97 Å². The molecule has 0 heterocycles. The van der Waals surface area contributed by atoms with Crippen LogP contribution in [0.1, 0.15) is 91.4 Å². The number of aliphatic carboxylic acids is 1. The summed E-state index contributed by atoms with van der Waals surface area (Å²) >= 11 is 0. The monoisotopic (exact) mass is 376 g/mol. The van der Waals surface area contributed by atoms with Gasteiger partial charge in [0.15, 0.2) is 0 Å². The second-order valence-corrected chi connectivity index (χ2v) is 11.2. The van der Waals surface area contributed by atoms with E-state index in [2.05, 4.69) is 20.8 Å². The highest BCUT2D eigenvalue weighted by Gasteiger charge is 2.62. The maximum atomic E-state index is 11.2. The van der Waals surface area contributed by atoms with E-state index in [4.69, 9.17) is 5.11 Å². The maximum Gasteiger partial charge on any atom is 0.303 e. The molecule has 0 aromatic heterocycles. The molecule has 2 N–H and O–H groups in total. The molecule has 0 amide bonds. The molecule has 27 heavy (non-hydrogen) atoms. The van der Waals surface area contributed by atoms with Crippen molar-refractivity contribution in [3.63, 3.8) is 0 Å². The van der Waals surface area contributed by atoms with Gasteiger partial charge in [0.2, 0.25) is 0 Å². The minimum atomic E-state index is -0.663. The lowest BCUT2D eigenvalue weighted by Crippen LogP contribution is -2.57. The highest BCUT2D eigenvalue weighted by Crippen LogP contribution is 2.68. The van der Waals surface area contributed by atoms with Crippen molar-refractivity contribution in [2.24, 2.45) is 46.3 Å². The van der Waals surface area contributed by atoms with Gasteiger partial charge in [-0.3, -0.25) is 4.79 Å². The second kappa shape index (κ2) is 7.04. The van der Waals surface area contributed by atoms with Crippen molar-refractivity contribution in [3.8, 4) is 0 Å². The van der Waals surface area contributed by atoms with Crippen LogP contribution in [0, 0.1) is 46.3 Å². The number of aliphatic hydroxyl groups is 1. The SMILES string of the molecule is C[C@H](CCC(=O)O)[C@H]1CCC2C3[C@H](O)C[C@@H]4CCCC[C@]4(C)[C@H]3CC[C@@]21C. The predicted molar refractivity (Wildman–Crippen MR) is 107 cm³/mol. The number of carboxylic acids is 1. The summed E-state index contributed by atoms with van der Waals surface area (Å²) in [5.74, 6) is 3.02. The molecule has 3 nitrogen and oxygen atoms in total. The maximum absolute atomic E-state index is 11.2. The Kier molecular flexibility index (Phi) is 5.15. The van der Waals surface area contributed by atoms with Gasteiger partial charge in [0.25, 0.3) is 0 Å². The molecule has 0 spiro atoms. The van der Waals surface area contributed by atoms with E-state index < -0.39 is 5.97 Å². The van der Waals surface area contributed by atoms with Crippen LogP contribution in [-0.4, -0.2) is 22.3 Å². The van der Waals surface area contributed by atoms with E-state index in [-0.39, 0.29) is 6.10 Å². The average molecular weight is 377 g/mol. The van der Waals surface area contributed by atoms with Crippen LogP contribution in [0.3, 0.4) is 0 Å². The molecule has 0 aromatic rings. The van der Waals surface area contributed by atoms with E-state index >= 15 is 0 Å². The van der Waals surface area contributed by atoms with E-state index in [1.54, 1.807) is 0 Å². The molecule has 0 aromatic carbocycles. The van der Waals surface area contributed by atoms with Crippen molar-refractivity contribution in [1.82, 2.24) is 0 Å². The van der Waals surface area contributed by atoms with Gasteiger partial charge in [0.1, 0.15) is 0 Å². The van der Waals surface area contributed by atoms with Crippen LogP contribution in [0.5, 0.6) is 0 Å². The zero-order valence-electron chi connectivity index (χ0n) is 17.6. The summed E-state index contributed by atoms with van der Waals surface area (Å²) in [5.41, 5.74) is 0.758. The Balaban J connectivity index is 1.56. The Morgan fingerprint density at radius 2 is 1.78 bits per heavy atom. The first-order valence-electron chi connectivity index (χ1n) is 11.7. The molecule has 0 saturated heterocycles. The summed E-state index contributed by atoms with van der Waals surface area (Å²) in [6, 6.07) is 0. The Morgan fingerprint density at radius 1 is 1.04 bits per heavy atom. The summed E-state index contributed by atoms with van der Waals surface area (Å²) in [6.07, 6.45) is 12.5. The summed E-state index contributed by atoms with van der Waals surface area (Å²) in [6.45, 7) is 7.33. The highest BCUT2D eigenvalue weighted by molar-refractivity contribution is 5.66. The van der Waals surface area contributed by atoms with Gasteiger partial charge in [0.05, 0.1) is 6.10 Å². The van der Waals surface area contributed by atoms with Gasteiger partial charge < -0.3 is 10.2 Å². The average Bonchev–Trinajstić information content (AvgIpc) is 2.97. The Bertz CT molecular complexity index is 574. The first-order chi connectivity index (χ1) is 12.8. The molecule has 4 rings (SSSR count). The molecule has 4 aliphatic carbocycles. The van der Waals surface area contributed by atoms with Gasteiger partial charge in [-0.25, -0.2) is 0 Å². The first-order valence-corrected chi connectivity index (χ1v) is 11.7. The molecule has 154 valence electrons. The lowest BCUT2D eigenvalue weighted by atomic mass is 9.44. The van der Waals surface area contributed by atoms with Crippen molar-refractivity contribution in [2.75, 3.05) is 0 Å². The quantitative estimate of drug-likeness (QED) is 0.680. The lowest BCUT2D eigenvalue weighted by Gasteiger charge is -2.62. The molecule has 0 radical (unpaired) electrons. The fourth-order valence-electron chi connectivity index (χ4n) is 8.78. The number of rotatable bonds is 4. The van der Waals surface area contributed by atoms with E-state index in [1.807, 2.05) is 0 Å². The lowest BCUT2D eigenvalue weighted by molar-refractivity contribution is -0.164. The Labute approximate surface area is 165 Å². The largest absolute Gasteiger partial charge is 0.481 e. The molecule has 0 bridgehead atoms. The summed E-state index contributed by atoms with van der Waals surface area (Å²) in [4.78, 5) is 11.0. The summed E-state index contributed by atoms with van der Waals surface area (Å²) in [7, 11) is 0. The Morgan fingerprint density at radius 3 is 2.52 bits per heavy atom. The summed E-state index contributed by atoms with van der Waals surface area (Å²) in [5, 5.41) is 20.3. The first kappa shape index (κ1) is 19.7. The standard InChI is InChI=1S/C24H40O3/c1-15(7-10-21(26)27)17-8-9-18-22-19(11-13-24(17,18)3)23(2)12-5-4-6-16(23)14-20(22)25/h15-20,22,25H,4-14H2,1-3H3,(H,26,27)/t15-,16+,17-,18?,19+,20-,22?,23+,24-/m1/s1. The van der Waals surface area contributed by atoms with Crippen LogP contribution < -0.4 is 0 Å².